The largest absolute Gasteiger partial charge is 0.508 e. The van der Waals surface area contributed by atoms with Gasteiger partial charge in [0.15, 0.2) is 0 Å². The Bertz CT molecular complexity index is 455. The number of anilines is 1. The fourth-order valence-corrected chi connectivity index (χ4v) is 2.47. The summed E-state index contributed by atoms with van der Waals surface area (Å²) in [6, 6.07) is 9.20. The van der Waals surface area contributed by atoms with E-state index in [1.807, 2.05) is 12.1 Å². The Balaban J connectivity index is 1.99. The van der Waals surface area contributed by atoms with Gasteiger partial charge in [-0.05, 0) is 45.1 Å². The predicted octanol–water partition coefficient (Wildman–Crippen LogP) is 3.83. The first kappa shape index (κ1) is 10.5. The number of rotatable bonds is 3. The summed E-state index contributed by atoms with van der Waals surface area (Å²) in [6.45, 7) is 0.769. The number of benzene rings is 1. The van der Waals surface area contributed by atoms with Crippen LogP contribution in [0.3, 0.4) is 0 Å². The van der Waals surface area contributed by atoms with Crippen LogP contribution in [0.15, 0.2) is 39.5 Å². The molecule has 0 aliphatic carbocycles. The smallest absolute Gasteiger partial charge is 0.117 e. The van der Waals surface area contributed by atoms with Crippen molar-refractivity contribution >= 4 is 33.0 Å². The highest BCUT2D eigenvalue weighted by atomic mass is 79.9. The van der Waals surface area contributed by atoms with Crippen LogP contribution >= 0.6 is 27.3 Å². The second-order valence-corrected chi connectivity index (χ2v) is 5.45. The normalized spacial score (nSPS) is 10.2. The summed E-state index contributed by atoms with van der Waals surface area (Å²) in [7, 11) is 0. The number of hydrogen-bond acceptors (Lipinski definition) is 3. The number of phenolic OH excluding ortho intramolecular Hbond substituents is 1. The molecule has 0 saturated heterocycles. The molecule has 0 aliphatic heterocycles. The third-order valence-corrected chi connectivity index (χ3v) is 3.52. The minimum Gasteiger partial charge on any atom is -0.508 e. The lowest BCUT2D eigenvalue weighted by atomic mass is 10.3. The average molecular weight is 284 g/mol. The van der Waals surface area contributed by atoms with Gasteiger partial charge >= 0.3 is 0 Å². The molecule has 0 aliphatic rings. The zero-order valence-electron chi connectivity index (χ0n) is 7.90. The molecule has 2 aromatic rings. The number of hydrogen-bond donors (Lipinski definition) is 2. The molecule has 15 heavy (non-hydrogen) atoms. The van der Waals surface area contributed by atoms with Gasteiger partial charge in [0.05, 0.1) is 3.79 Å². The monoisotopic (exact) mass is 283 g/mol. The predicted molar refractivity (Wildman–Crippen MR) is 67.5 cm³/mol. The van der Waals surface area contributed by atoms with Crippen LogP contribution in [-0.4, -0.2) is 5.11 Å². The Morgan fingerprint density at radius 2 is 2.20 bits per heavy atom. The van der Waals surface area contributed by atoms with Crippen LogP contribution in [-0.2, 0) is 6.54 Å². The third kappa shape index (κ3) is 2.97. The zero-order valence-corrected chi connectivity index (χ0v) is 10.3. The molecule has 0 radical (unpaired) electrons. The van der Waals surface area contributed by atoms with Crippen LogP contribution in [0, 0.1) is 0 Å². The topological polar surface area (TPSA) is 32.3 Å². The van der Waals surface area contributed by atoms with Crippen LogP contribution in [0.1, 0.15) is 5.56 Å². The third-order valence-electron chi connectivity index (χ3n) is 1.96. The van der Waals surface area contributed by atoms with E-state index in [1.54, 1.807) is 23.5 Å². The summed E-state index contributed by atoms with van der Waals surface area (Å²) in [5.74, 6) is 0.284. The van der Waals surface area contributed by atoms with Gasteiger partial charge in [-0.2, -0.15) is 0 Å². The maximum atomic E-state index is 9.27. The number of phenols is 1. The minimum atomic E-state index is 0.284. The lowest BCUT2D eigenvalue weighted by Gasteiger charge is -2.04. The van der Waals surface area contributed by atoms with E-state index in [2.05, 4.69) is 32.7 Å². The number of thiophene rings is 1. The standard InChI is InChI=1S/C11H10BrNOS/c12-11-4-8(7-15-11)6-13-9-2-1-3-10(14)5-9/h1-5,7,13-14H,6H2. The first-order valence-corrected chi connectivity index (χ1v) is 6.17. The zero-order chi connectivity index (χ0) is 10.7. The van der Waals surface area contributed by atoms with Crippen molar-refractivity contribution in [1.82, 2.24) is 0 Å². The molecule has 0 atom stereocenters. The van der Waals surface area contributed by atoms with Crippen molar-refractivity contribution in [1.29, 1.82) is 0 Å². The first-order valence-electron chi connectivity index (χ1n) is 4.50. The molecule has 78 valence electrons. The van der Waals surface area contributed by atoms with Crippen LogP contribution in [0.25, 0.3) is 0 Å². The highest BCUT2D eigenvalue weighted by Crippen LogP contribution is 2.22. The van der Waals surface area contributed by atoms with Gasteiger partial charge < -0.3 is 10.4 Å². The highest BCUT2D eigenvalue weighted by molar-refractivity contribution is 9.11. The summed E-state index contributed by atoms with van der Waals surface area (Å²) < 4.78 is 1.13. The molecule has 4 heteroatoms. The fourth-order valence-electron chi connectivity index (χ4n) is 1.26. The lowest BCUT2D eigenvalue weighted by molar-refractivity contribution is 0.475. The molecule has 1 aromatic carbocycles. The molecule has 0 fully saturated rings. The van der Waals surface area contributed by atoms with Crippen LogP contribution < -0.4 is 5.32 Å². The maximum Gasteiger partial charge on any atom is 0.117 e. The Morgan fingerprint density at radius 1 is 1.33 bits per heavy atom. The Labute approximate surface area is 101 Å². The van der Waals surface area contributed by atoms with Crippen molar-refractivity contribution in [2.75, 3.05) is 5.32 Å². The van der Waals surface area contributed by atoms with E-state index in [0.717, 1.165) is 16.0 Å². The van der Waals surface area contributed by atoms with Gasteiger partial charge in [0.25, 0.3) is 0 Å². The molecule has 0 unspecified atom stereocenters. The Kier molecular flexibility index (Phi) is 3.28. The van der Waals surface area contributed by atoms with Crippen LogP contribution in [0.2, 0.25) is 0 Å². The van der Waals surface area contributed by atoms with E-state index in [-0.39, 0.29) is 5.75 Å². The second kappa shape index (κ2) is 4.68. The van der Waals surface area contributed by atoms with E-state index in [1.165, 1.54) is 5.56 Å². The molecule has 1 heterocycles. The van der Waals surface area contributed by atoms with Crippen molar-refractivity contribution in [2.24, 2.45) is 0 Å². The summed E-state index contributed by atoms with van der Waals surface area (Å²) >= 11 is 5.09. The van der Waals surface area contributed by atoms with E-state index in [4.69, 9.17) is 0 Å². The highest BCUT2D eigenvalue weighted by Gasteiger charge is 1.97. The second-order valence-electron chi connectivity index (χ2n) is 3.16. The molecule has 0 saturated carbocycles. The molecular formula is C11H10BrNOS. The fraction of sp³-hybridized carbons (Fsp3) is 0.0909. The molecular weight excluding hydrogens is 274 g/mol. The molecule has 0 amide bonds. The van der Waals surface area contributed by atoms with Gasteiger partial charge in [0.1, 0.15) is 5.75 Å². The van der Waals surface area contributed by atoms with Gasteiger partial charge in [-0.15, -0.1) is 11.3 Å². The maximum absolute atomic E-state index is 9.27. The Hall–Kier alpha value is -1.00. The lowest BCUT2D eigenvalue weighted by Crippen LogP contribution is -1.97. The molecule has 2 rings (SSSR count). The van der Waals surface area contributed by atoms with E-state index >= 15 is 0 Å². The van der Waals surface area contributed by atoms with Gasteiger partial charge in [-0.3, -0.25) is 0 Å². The van der Waals surface area contributed by atoms with Crippen molar-refractivity contribution < 1.29 is 5.11 Å². The van der Waals surface area contributed by atoms with Crippen LogP contribution in [0.5, 0.6) is 5.75 Å². The number of aromatic hydroxyl groups is 1. The van der Waals surface area contributed by atoms with Crippen molar-refractivity contribution in [3.05, 3.63) is 45.1 Å². The van der Waals surface area contributed by atoms with Gasteiger partial charge in [-0.1, -0.05) is 6.07 Å². The van der Waals surface area contributed by atoms with E-state index < -0.39 is 0 Å². The van der Waals surface area contributed by atoms with Crippen LogP contribution in [0.4, 0.5) is 5.69 Å². The quantitative estimate of drug-likeness (QED) is 0.897. The minimum absolute atomic E-state index is 0.284. The molecule has 2 N–H and O–H groups in total. The number of halogens is 1. The molecule has 0 bridgehead atoms. The van der Waals surface area contributed by atoms with Crippen molar-refractivity contribution in [3.8, 4) is 5.75 Å². The molecule has 0 spiro atoms. The SMILES string of the molecule is Oc1cccc(NCc2csc(Br)c2)c1. The molecule has 1 aromatic heterocycles. The first-order chi connectivity index (χ1) is 7.24. The van der Waals surface area contributed by atoms with E-state index in [0.29, 0.717) is 0 Å². The average Bonchev–Trinajstić information content (AvgIpc) is 2.62. The van der Waals surface area contributed by atoms with Gasteiger partial charge in [0.2, 0.25) is 0 Å². The summed E-state index contributed by atoms with van der Waals surface area (Å²) in [4.78, 5) is 0. The Morgan fingerprint density at radius 3 is 2.87 bits per heavy atom. The van der Waals surface area contributed by atoms with Gasteiger partial charge in [0, 0.05) is 18.3 Å². The van der Waals surface area contributed by atoms with Gasteiger partial charge in [-0.25, -0.2) is 0 Å². The van der Waals surface area contributed by atoms with Crippen molar-refractivity contribution in [2.45, 2.75) is 6.54 Å². The number of nitrogens with one attached hydrogen (secondary N) is 1. The molecule has 2 nitrogen and oxygen atoms in total. The summed E-state index contributed by atoms with van der Waals surface area (Å²) in [6.07, 6.45) is 0. The summed E-state index contributed by atoms with van der Waals surface area (Å²) in [5, 5.41) is 14.6. The van der Waals surface area contributed by atoms with Crippen molar-refractivity contribution in [3.63, 3.8) is 0 Å². The summed E-state index contributed by atoms with van der Waals surface area (Å²) in [5.41, 5.74) is 2.16. The van der Waals surface area contributed by atoms with E-state index in [9.17, 15) is 5.11 Å².